The van der Waals surface area contributed by atoms with Crippen molar-refractivity contribution in [2.45, 2.75) is 38.6 Å². The molecule has 0 aromatic heterocycles. The second-order valence-electron chi connectivity index (χ2n) is 6.10. The van der Waals surface area contributed by atoms with Gasteiger partial charge in [-0.05, 0) is 31.4 Å². The molecule has 1 aromatic rings. The molecule has 1 aliphatic rings. The van der Waals surface area contributed by atoms with Crippen molar-refractivity contribution in [3.8, 4) is 5.75 Å². The molecule has 1 aromatic carbocycles. The van der Waals surface area contributed by atoms with E-state index < -0.39 is 11.5 Å². The molecule has 0 radical (unpaired) electrons. The zero-order chi connectivity index (χ0) is 15.8. The average molecular weight is 310 g/mol. The van der Waals surface area contributed by atoms with Gasteiger partial charge in [0.05, 0.1) is 12.6 Å². The normalized spacial score (nSPS) is 25.3. The van der Waals surface area contributed by atoms with Gasteiger partial charge in [0, 0.05) is 10.6 Å². The molecule has 0 bridgehead atoms. The minimum atomic E-state index is -0.832. The molecule has 2 rings (SSSR count). The summed E-state index contributed by atoms with van der Waals surface area (Å²) < 4.78 is 5.27. The van der Waals surface area contributed by atoms with E-state index >= 15 is 0 Å². The van der Waals surface area contributed by atoms with Crippen LogP contribution in [-0.2, 0) is 9.59 Å². The molecule has 114 valence electrons. The Bertz CT molecular complexity index is 585. The predicted octanol–water partition coefficient (Wildman–Crippen LogP) is 2.94. The number of benzene rings is 1. The lowest BCUT2D eigenvalue weighted by Gasteiger charge is -2.24. The Labute approximate surface area is 129 Å². The molecule has 0 aliphatic carbocycles. The summed E-state index contributed by atoms with van der Waals surface area (Å²) in [5.41, 5.74) is -0.252. The largest absolute Gasteiger partial charge is 0.496 e. The van der Waals surface area contributed by atoms with Crippen molar-refractivity contribution in [1.29, 1.82) is 0 Å². The molecular weight excluding hydrogens is 290 g/mol. The number of rotatable bonds is 4. The van der Waals surface area contributed by atoms with Gasteiger partial charge in [-0.25, -0.2) is 0 Å². The molecule has 2 atom stereocenters. The van der Waals surface area contributed by atoms with Gasteiger partial charge >= 0.3 is 0 Å². The zero-order valence-electron chi connectivity index (χ0n) is 12.7. The lowest BCUT2D eigenvalue weighted by Crippen LogP contribution is -2.44. The fourth-order valence-corrected chi connectivity index (χ4v) is 3.18. The summed E-state index contributed by atoms with van der Waals surface area (Å²) >= 11 is 5.93. The Morgan fingerprint density at radius 3 is 2.62 bits per heavy atom. The standard InChI is InChI=1S/C16H20ClNO3/c1-9(2)8-16(3)14(19)13(15(20)18-16)11-6-5-10(17)7-12(11)21-4/h5-7,9,13H,8H2,1-4H3,(H,18,20). The topological polar surface area (TPSA) is 55.4 Å². The van der Waals surface area contributed by atoms with E-state index in [0.717, 1.165) is 0 Å². The molecule has 1 fully saturated rings. The van der Waals surface area contributed by atoms with E-state index in [2.05, 4.69) is 5.32 Å². The summed E-state index contributed by atoms with van der Waals surface area (Å²) in [5.74, 6) is -0.443. The molecule has 2 unspecified atom stereocenters. The highest BCUT2D eigenvalue weighted by Crippen LogP contribution is 2.38. The molecule has 1 saturated heterocycles. The molecule has 1 amide bonds. The first-order valence-corrected chi connectivity index (χ1v) is 7.36. The number of halogens is 1. The highest BCUT2D eigenvalue weighted by atomic mass is 35.5. The highest BCUT2D eigenvalue weighted by Gasteiger charge is 2.50. The van der Waals surface area contributed by atoms with E-state index in [4.69, 9.17) is 16.3 Å². The van der Waals surface area contributed by atoms with E-state index in [1.54, 1.807) is 25.1 Å². The molecule has 1 aliphatic heterocycles. The lowest BCUT2D eigenvalue weighted by molar-refractivity contribution is -0.125. The van der Waals surface area contributed by atoms with Crippen molar-refractivity contribution in [2.24, 2.45) is 5.92 Å². The van der Waals surface area contributed by atoms with Crippen LogP contribution in [0.1, 0.15) is 38.7 Å². The van der Waals surface area contributed by atoms with Gasteiger partial charge in [-0.1, -0.05) is 31.5 Å². The maximum Gasteiger partial charge on any atom is 0.236 e. The van der Waals surface area contributed by atoms with Gasteiger partial charge in [0.1, 0.15) is 11.7 Å². The van der Waals surface area contributed by atoms with Crippen molar-refractivity contribution < 1.29 is 14.3 Å². The van der Waals surface area contributed by atoms with Crippen LogP contribution in [0.4, 0.5) is 0 Å². The van der Waals surface area contributed by atoms with Gasteiger partial charge in [-0.15, -0.1) is 0 Å². The van der Waals surface area contributed by atoms with Crippen LogP contribution in [-0.4, -0.2) is 24.3 Å². The summed E-state index contributed by atoms with van der Waals surface area (Å²) in [6, 6.07) is 4.97. The minimum absolute atomic E-state index is 0.109. The fourth-order valence-electron chi connectivity index (χ4n) is 3.02. The second-order valence-corrected chi connectivity index (χ2v) is 6.54. The molecule has 21 heavy (non-hydrogen) atoms. The van der Waals surface area contributed by atoms with Crippen LogP contribution in [0.25, 0.3) is 0 Å². The first kappa shape index (κ1) is 15.8. The maximum absolute atomic E-state index is 12.8. The summed E-state index contributed by atoms with van der Waals surface area (Å²) in [7, 11) is 1.50. The van der Waals surface area contributed by atoms with Gasteiger partial charge in [0.15, 0.2) is 5.78 Å². The van der Waals surface area contributed by atoms with Crippen molar-refractivity contribution in [3.05, 3.63) is 28.8 Å². The molecule has 0 spiro atoms. The number of ether oxygens (including phenoxy) is 1. The quantitative estimate of drug-likeness (QED) is 0.870. The summed E-state index contributed by atoms with van der Waals surface area (Å²) in [5, 5.41) is 3.35. The van der Waals surface area contributed by atoms with Crippen LogP contribution < -0.4 is 10.1 Å². The number of carbonyl (C=O) groups excluding carboxylic acids is 2. The van der Waals surface area contributed by atoms with Gasteiger partial charge in [0.25, 0.3) is 0 Å². The molecular formula is C16H20ClNO3. The van der Waals surface area contributed by atoms with E-state index in [1.165, 1.54) is 7.11 Å². The van der Waals surface area contributed by atoms with Crippen molar-refractivity contribution in [1.82, 2.24) is 5.32 Å². The van der Waals surface area contributed by atoms with Crippen molar-refractivity contribution in [2.75, 3.05) is 7.11 Å². The van der Waals surface area contributed by atoms with E-state index in [-0.39, 0.29) is 11.7 Å². The highest BCUT2D eigenvalue weighted by molar-refractivity contribution is 6.30. The Hall–Kier alpha value is -1.55. The van der Waals surface area contributed by atoms with Crippen LogP contribution in [0, 0.1) is 5.92 Å². The van der Waals surface area contributed by atoms with E-state index in [9.17, 15) is 9.59 Å². The summed E-state index contributed by atoms with van der Waals surface area (Å²) in [6.07, 6.45) is 0.615. The molecule has 4 nitrogen and oxygen atoms in total. The third-order valence-electron chi connectivity index (χ3n) is 3.79. The first-order valence-electron chi connectivity index (χ1n) is 6.98. The van der Waals surface area contributed by atoms with Gasteiger partial charge < -0.3 is 10.1 Å². The van der Waals surface area contributed by atoms with E-state index in [1.807, 2.05) is 13.8 Å². The van der Waals surface area contributed by atoms with Crippen LogP contribution in [0.2, 0.25) is 5.02 Å². The maximum atomic E-state index is 12.8. The Kier molecular flexibility index (Phi) is 4.28. The minimum Gasteiger partial charge on any atom is -0.496 e. The summed E-state index contributed by atoms with van der Waals surface area (Å²) in [6.45, 7) is 5.84. The van der Waals surface area contributed by atoms with E-state index in [0.29, 0.717) is 28.7 Å². The monoisotopic (exact) mass is 309 g/mol. The number of ketones is 1. The molecule has 1 N–H and O–H groups in total. The van der Waals surface area contributed by atoms with Crippen molar-refractivity contribution >= 4 is 23.3 Å². The Morgan fingerprint density at radius 1 is 1.38 bits per heavy atom. The third kappa shape index (κ3) is 2.91. The van der Waals surface area contributed by atoms with Crippen LogP contribution in [0.5, 0.6) is 5.75 Å². The van der Waals surface area contributed by atoms with Gasteiger partial charge in [0.2, 0.25) is 5.91 Å². The number of Topliss-reactive ketones (excluding diaryl/α,β-unsaturated/α-hetero) is 1. The average Bonchev–Trinajstić information content (AvgIpc) is 2.59. The Balaban J connectivity index is 2.41. The Morgan fingerprint density at radius 2 is 2.05 bits per heavy atom. The molecule has 0 saturated carbocycles. The van der Waals surface area contributed by atoms with Crippen LogP contribution in [0.3, 0.4) is 0 Å². The van der Waals surface area contributed by atoms with Gasteiger partial charge in [-0.2, -0.15) is 0 Å². The third-order valence-corrected chi connectivity index (χ3v) is 4.03. The number of hydrogen-bond donors (Lipinski definition) is 1. The fraction of sp³-hybridized carbons (Fsp3) is 0.500. The summed E-state index contributed by atoms with van der Waals surface area (Å²) in [4.78, 5) is 25.1. The van der Waals surface area contributed by atoms with Crippen LogP contribution >= 0.6 is 11.6 Å². The molecule has 5 heteroatoms. The second kappa shape index (κ2) is 5.68. The zero-order valence-corrected chi connectivity index (χ0v) is 13.5. The van der Waals surface area contributed by atoms with Crippen molar-refractivity contribution in [3.63, 3.8) is 0 Å². The number of amides is 1. The number of carbonyl (C=O) groups is 2. The molecule has 1 heterocycles. The SMILES string of the molecule is COc1cc(Cl)ccc1C1C(=O)NC(C)(CC(C)C)C1=O. The predicted molar refractivity (Wildman–Crippen MR) is 81.8 cm³/mol. The lowest BCUT2D eigenvalue weighted by atomic mass is 9.83. The first-order chi connectivity index (χ1) is 9.78. The number of methoxy groups -OCH3 is 1. The van der Waals surface area contributed by atoms with Crippen LogP contribution in [0.15, 0.2) is 18.2 Å². The number of nitrogens with one attached hydrogen (secondary N) is 1. The number of hydrogen-bond acceptors (Lipinski definition) is 3. The smallest absolute Gasteiger partial charge is 0.236 e. The van der Waals surface area contributed by atoms with Gasteiger partial charge in [-0.3, -0.25) is 9.59 Å².